The molecule has 0 aromatic carbocycles. The van der Waals surface area contributed by atoms with Crippen molar-refractivity contribution in [1.82, 2.24) is 10.6 Å². The lowest BCUT2D eigenvalue weighted by molar-refractivity contribution is 0.191. The maximum atomic E-state index is 10.1. The molecule has 0 aliphatic heterocycles. The predicted octanol–water partition coefficient (Wildman–Crippen LogP) is 2.79. The lowest BCUT2D eigenvalue weighted by Crippen LogP contribution is -2.40. The van der Waals surface area contributed by atoms with Gasteiger partial charge in [0.2, 0.25) is 0 Å². The van der Waals surface area contributed by atoms with Gasteiger partial charge in [-0.15, -0.1) is 11.3 Å². The molecular weight excluding hydrogens is 294 g/mol. The Morgan fingerprint density at radius 3 is 2.80 bits per heavy atom. The minimum absolute atomic E-state index is 0.333. The van der Waals surface area contributed by atoms with E-state index in [1.807, 2.05) is 13.0 Å². The highest BCUT2D eigenvalue weighted by molar-refractivity contribution is 7.16. The maximum Gasteiger partial charge on any atom is 0.191 e. The molecule has 2 rings (SSSR count). The predicted molar refractivity (Wildman–Crippen MR) is 85.6 cm³/mol. The molecule has 1 saturated carbocycles. The van der Waals surface area contributed by atoms with E-state index in [2.05, 4.69) is 29.5 Å². The van der Waals surface area contributed by atoms with E-state index in [0.717, 1.165) is 23.8 Å². The molecule has 112 valence electrons. The largest absolute Gasteiger partial charge is 0.386 e. The van der Waals surface area contributed by atoms with Crippen LogP contribution in [-0.2, 0) is 0 Å². The number of thiophene rings is 1. The molecule has 0 bridgehead atoms. The molecule has 0 radical (unpaired) electrons. The first-order valence-electron chi connectivity index (χ1n) is 6.90. The van der Waals surface area contributed by atoms with Crippen molar-refractivity contribution in [2.45, 2.75) is 39.3 Å². The fraction of sp³-hybridized carbons (Fsp3) is 0.643. The Hall–Kier alpha value is -0.780. The second kappa shape index (κ2) is 6.33. The second-order valence-electron chi connectivity index (χ2n) is 5.77. The van der Waals surface area contributed by atoms with Crippen LogP contribution in [-0.4, -0.2) is 30.2 Å². The van der Waals surface area contributed by atoms with Gasteiger partial charge in [0, 0.05) is 17.5 Å². The fourth-order valence-electron chi connectivity index (χ4n) is 1.97. The number of hydrogen-bond donors (Lipinski definition) is 3. The van der Waals surface area contributed by atoms with Gasteiger partial charge in [-0.3, -0.25) is 4.99 Å². The van der Waals surface area contributed by atoms with Crippen molar-refractivity contribution in [2.24, 2.45) is 10.4 Å². The number of aliphatic hydroxyl groups excluding tert-OH is 1. The molecule has 0 amide bonds. The summed E-state index contributed by atoms with van der Waals surface area (Å²) in [4.78, 5) is 5.30. The van der Waals surface area contributed by atoms with E-state index in [1.165, 1.54) is 11.3 Å². The van der Waals surface area contributed by atoms with E-state index in [0.29, 0.717) is 22.3 Å². The lowest BCUT2D eigenvalue weighted by Gasteiger charge is -2.13. The molecule has 1 heterocycles. The molecule has 4 nitrogen and oxygen atoms in total. The van der Waals surface area contributed by atoms with Crippen LogP contribution in [0.25, 0.3) is 0 Å². The molecule has 2 unspecified atom stereocenters. The Balaban J connectivity index is 1.91. The van der Waals surface area contributed by atoms with Crippen LogP contribution in [0, 0.1) is 5.41 Å². The molecule has 1 aliphatic rings. The van der Waals surface area contributed by atoms with Crippen molar-refractivity contribution in [3.8, 4) is 0 Å². The highest BCUT2D eigenvalue weighted by Crippen LogP contribution is 2.44. The van der Waals surface area contributed by atoms with Crippen LogP contribution in [0.2, 0.25) is 4.34 Å². The van der Waals surface area contributed by atoms with Gasteiger partial charge in [0.1, 0.15) is 6.10 Å². The molecule has 20 heavy (non-hydrogen) atoms. The lowest BCUT2D eigenvalue weighted by atomic mass is 10.2. The Morgan fingerprint density at radius 2 is 2.30 bits per heavy atom. The monoisotopic (exact) mass is 315 g/mol. The third-order valence-corrected chi connectivity index (χ3v) is 4.85. The minimum Gasteiger partial charge on any atom is -0.386 e. The van der Waals surface area contributed by atoms with Crippen LogP contribution in [0.4, 0.5) is 0 Å². The molecule has 0 spiro atoms. The van der Waals surface area contributed by atoms with Crippen LogP contribution in [0.5, 0.6) is 0 Å². The summed E-state index contributed by atoms with van der Waals surface area (Å²) in [6, 6.07) is 4.11. The molecule has 0 saturated heterocycles. The Kier molecular flexibility index (Phi) is 4.94. The van der Waals surface area contributed by atoms with Gasteiger partial charge in [0.05, 0.1) is 10.9 Å². The highest BCUT2D eigenvalue weighted by Gasteiger charge is 2.46. The van der Waals surface area contributed by atoms with E-state index < -0.39 is 6.10 Å². The smallest absolute Gasteiger partial charge is 0.191 e. The molecule has 1 aromatic rings. The highest BCUT2D eigenvalue weighted by atomic mass is 35.5. The number of aliphatic hydroxyl groups is 1. The number of hydrogen-bond acceptors (Lipinski definition) is 3. The van der Waals surface area contributed by atoms with E-state index in [-0.39, 0.29) is 0 Å². The normalized spacial score (nSPS) is 22.4. The van der Waals surface area contributed by atoms with Gasteiger partial charge >= 0.3 is 0 Å². The van der Waals surface area contributed by atoms with Crippen molar-refractivity contribution >= 4 is 28.9 Å². The van der Waals surface area contributed by atoms with Crippen LogP contribution in [0.3, 0.4) is 0 Å². The molecule has 1 aromatic heterocycles. The van der Waals surface area contributed by atoms with E-state index in [1.54, 1.807) is 6.07 Å². The number of rotatable bonds is 5. The standard InChI is InChI=1S/C14H22ClN3OS/c1-4-16-13(18-11-7-14(11,2)3)17-8-9(19)10-5-6-12(15)20-10/h5-6,9,11,19H,4,7-8H2,1-3H3,(H2,16,17,18). The quantitative estimate of drug-likeness (QED) is 0.578. The summed E-state index contributed by atoms with van der Waals surface area (Å²) in [5.41, 5.74) is 0.343. The van der Waals surface area contributed by atoms with Crippen molar-refractivity contribution < 1.29 is 5.11 Å². The van der Waals surface area contributed by atoms with Crippen molar-refractivity contribution in [3.63, 3.8) is 0 Å². The van der Waals surface area contributed by atoms with E-state index in [9.17, 15) is 5.11 Å². The third-order valence-electron chi connectivity index (χ3n) is 3.51. The van der Waals surface area contributed by atoms with Crippen molar-refractivity contribution in [2.75, 3.05) is 13.1 Å². The number of guanidine groups is 1. The van der Waals surface area contributed by atoms with E-state index >= 15 is 0 Å². The summed E-state index contributed by atoms with van der Waals surface area (Å²) in [5, 5.41) is 16.7. The number of halogens is 1. The van der Waals surface area contributed by atoms with Crippen LogP contribution >= 0.6 is 22.9 Å². The SMILES string of the molecule is CCNC(=NCC(O)c1ccc(Cl)s1)NC1CC1(C)C. The Morgan fingerprint density at radius 1 is 1.60 bits per heavy atom. The van der Waals surface area contributed by atoms with Crippen LogP contribution < -0.4 is 10.6 Å². The van der Waals surface area contributed by atoms with Crippen molar-refractivity contribution in [1.29, 1.82) is 0 Å². The Bertz CT molecular complexity index is 487. The van der Waals surface area contributed by atoms with Gasteiger partial charge in [-0.25, -0.2) is 0 Å². The van der Waals surface area contributed by atoms with Crippen LogP contribution in [0.15, 0.2) is 17.1 Å². The second-order valence-corrected chi connectivity index (χ2v) is 7.51. The molecule has 1 aliphatic carbocycles. The van der Waals surface area contributed by atoms with Gasteiger partial charge in [-0.1, -0.05) is 25.4 Å². The number of nitrogens with zero attached hydrogens (tertiary/aromatic N) is 1. The van der Waals surface area contributed by atoms with Crippen molar-refractivity contribution in [3.05, 3.63) is 21.3 Å². The first kappa shape index (κ1) is 15.6. The molecule has 1 fully saturated rings. The number of nitrogens with one attached hydrogen (secondary N) is 2. The maximum absolute atomic E-state index is 10.1. The van der Waals surface area contributed by atoms with Gasteiger partial charge in [0.15, 0.2) is 5.96 Å². The molecular formula is C14H22ClN3OS. The summed E-state index contributed by atoms with van der Waals surface area (Å²) < 4.78 is 0.688. The third kappa shape index (κ3) is 4.11. The van der Waals surface area contributed by atoms with Gasteiger partial charge in [-0.05, 0) is 30.9 Å². The van der Waals surface area contributed by atoms with Gasteiger partial charge in [-0.2, -0.15) is 0 Å². The summed E-state index contributed by atoms with van der Waals surface area (Å²) in [6.45, 7) is 7.64. The average Bonchev–Trinajstić information content (AvgIpc) is 2.78. The summed E-state index contributed by atoms with van der Waals surface area (Å²) in [7, 11) is 0. The zero-order valence-electron chi connectivity index (χ0n) is 12.1. The summed E-state index contributed by atoms with van der Waals surface area (Å²) >= 11 is 7.26. The van der Waals surface area contributed by atoms with Crippen LogP contribution in [0.1, 0.15) is 38.2 Å². The molecule has 2 atom stereocenters. The number of aliphatic imine (C=N–C) groups is 1. The first-order valence-corrected chi connectivity index (χ1v) is 8.10. The minimum atomic E-state index is -0.602. The summed E-state index contributed by atoms with van der Waals surface area (Å²) in [5.74, 6) is 0.768. The Labute approximate surface area is 129 Å². The first-order chi connectivity index (χ1) is 9.42. The van der Waals surface area contributed by atoms with Gasteiger partial charge < -0.3 is 15.7 Å². The fourth-order valence-corrected chi connectivity index (χ4v) is 3.01. The molecule has 6 heteroatoms. The van der Waals surface area contributed by atoms with Gasteiger partial charge in [0.25, 0.3) is 0 Å². The topological polar surface area (TPSA) is 56.7 Å². The average molecular weight is 316 g/mol. The van der Waals surface area contributed by atoms with E-state index in [4.69, 9.17) is 11.6 Å². The summed E-state index contributed by atoms with van der Waals surface area (Å²) in [6.07, 6.45) is 0.552. The zero-order valence-corrected chi connectivity index (χ0v) is 13.7. The zero-order chi connectivity index (χ0) is 14.8. The molecule has 3 N–H and O–H groups in total.